The molecule has 2 amide bonds. The predicted octanol–water partition coefficient (Wildman–Crippen LogP) is 5.75. The molecule has 1 aliphatic carbocycles. The lowest BCUT2D eigenvalue weighted by atomic mass is 9.98. The van der Waals surface area contributed by atoms with Gasteiger partial charge in [0, 0.05) is 10.9 Å². The van der Waals surface area contributed by atoms with Gasteiger partial charge in [-0.25, -0.2) is 0 Å². The highest BCUT2D eigenvalue weighted by Gasteiger charge is 2.35. The number of benzene rings is 2. The molecule has 178 valence electrons. The van der Waals surface area contributed by atoms with Gasteiger partial charge in [0.15, 0.2) is 0 Å². The van der Waals surface area contributed by atoms with Crippen LogP contribution in [-0.4, -0.2) is 25.0 Å². The minimum atomic E-state index is -0.803. The summed E-state index contributed by atoms with van der Waals surface area (Å²) in [6.45, 7) is 3.98. The lowest BCUT2D eigenvalue weighted by molar-refractivity contribution is -0.127. The average Bonchev–Trinajstić information content (AvgIpc) is 3.52. The zero-order valence-corrected chi connectivity index (χ0v) is 20.9. The molecule has 0 saturated heterocycles. The number of carbonyl (C=O) groups excluding carboxylic acids is 2. The van der Waals surface area contributed by atoms with Crippen molar-refractivity contribution in [1.82, 2.24) is 5.32 Å². The van der Waals surface area contributed by atoms with Crippen LogP contribution in [0.5, 0.6) is 5.75 Å². The van der Waals surface area contributed by atoms with Crippen LogP contribution >= 0.6 is 11.3 Å². The van der Waals surface area contributed by atoms with Gasteiger partial charge in [-0.2, -0.15) is 0 Å². The van der Waals surface area contributed by atoms with Crippen LogP contribution in [0.2, 0.25) is 0 Å². The fourth-order valence-corrected chi connectivity index (χ4v) is 5.51. The zero-order chi connectivity index (χ0) is 24.1. The Kier molecular flexibility index (Phi) is 7.68. The topological polar surface area (TPSA) is 58.6 Å². The van der Waals surface area contributed by atoms with Crippen LogP contribution in [0.3, 0.4) is 0 Å². The standard InChI is InChI=1S/C28H32N2O3S/c1-19-9-6-10-20(2)26(19)30(25(31)18-24-15-8-16-34-24)27(21-11-7-14-23(17-21)33-3)28(32)29-22-12-4-5-13-22/h6-11,14-17,22,27H,4-5,12-13,18H2,1-3H3,(H,29,32). The fraction of sp³-hybridized carbons (Fsp3) is 0.357. The first-order valence-electron chi connectivity index (χ1n) is 11.8. The van der Waals surface area contributed by atoms with Gasteiger partial charge in [-0.3, -0.25) is 14.5 Å². The van der Waals surface area contributed by atoms with Gasteiger partial charge in [-0.1, -0.05) is 49.2 Å². The normalized spacial score (nSPS) is 14.6. The summed E-state index contributed by atoms with van der Waals surface area (Å²) >= 11 is 1.55. The van der Waals surface area contributed by atoms with E-state index in [9.17, 15) is 9.59 Å². The van der Waals surface area contributed by atoms with E-state index in [-0.39, 0.29) is 24.3 Å². The van der Waals surface area contributed by atoms with E-state index in [1.165, 1.54) is 0 Å². The number of ether oxygens (including phenoxy) is 1. The van der Waals surface area contributed by atoms with Gasteiger partial charge in [0.2, 0.25) is 11.8 Å². The molecular formula is C28H32N2O3S. The maximum absolute atomic E-state index is 13.9. The molecule has 1 saturated carbocycles. The number of amides is 2. The summed E-state index contributed by atoms with van der Waals surface area (Å²) in [5.74, 6) is 0.403. The van der Waals surface area contributed by atoms with Crippen molar-refractivity contribution in [3.05, 3.63) is 81.5 Å². The van der Waals surface area contributed by atoms with E-state index in [1.54, 1.807) is 23.3 Å². The van der Waals surface area contributed by atoms with Crippen molar-refractivity contribution in [2.75, 3.05) is 12.0 Å². The smallest absolute Gasteiger partial charge is 0.248 e. The highest BCUT2D eigenvalue weighted by molar-refractivity contribution is 7.10. The largest absolute Gasteiger partial charge is 0.497 e. The average molecular weight is 477 g/mol. The number of hydrogen-bond donors (Lipinski definition) is 1. The molecule has 1 atom stereocenters. The van der Waals surface area contributed by atoms with Crippen molar-refractivity contribution in [3.63, 3.8) is 0 Å². The molecule has 0 bridgehead atoms. The molecule has 0 spiro atoms. The van der Waals surface area contributed by atoms with E-state index in [2.05, 4.69) is 5.32 Å². The Hall–Kier alpha value is -3.12. The molecule has 1 heterocycles. The second-order valence-corrected chi connectivity index (χ2v) is 9.96. The van der Waals surface area contributed by atoms with E-state index in [0.29, 0.717) is 5.75 Å². The van der Waals surface area contributed by atoms with E-state index >= 15 is 0 Å². The summed E-state index contributed by atoms with van der Waals surface area (Å²) in [5, 5.41) is 5.22. The van der Waals surface area contributed by atoms with E-state index in [1.807, 2.05) is 73.8 Å². The third-order valence-corrected chi connectivity index (χ3v) is 7.35. The Morgan fingerprint density at radius 3 is 2.41 bits per heavy atom. The predicted molar refractivity (Wildman–Crippen MR) is 138 cm³/mol. The van der Waals surface area contributed by atoms with E-state index in [0.717, 1.165) is 52.9 Å². The van der Waals surface area contributed by atoms with Crippen molar-refractivity contribution in [2.45, 2.75) is 58.0 Å². The molecule has 0 aliphatic heterocycles. The summed E-state index contributed by atoms with van der Waals surface area (Å²) in [7, 11) is 1.61. The Morgan fingerprint density at radius 2 is 1.76 bits per heavy atom. The number of carbonyl (C=O) groups is 2. The number of anilines is 1. The maximum atomic E-state index is 13.9. The minimum Gasteiger partial charge on any atom is -0.497 e. The number of aryl methyl sites for hydroxylation is 2. The molecular weight excluding hydrogens is 444 g/mol. The van der Waals surface area contributed by atoms with Crippen molar-refractivity contribution in [2.24, 2.45) is 0 Å². The van der Waals surface area contributed by atoms with Gasteiger partial charge in [0.1, 0.15) is 11.8 Å². The number of hydrogen-bond acceptors (Lipinski definition) is 4. The van der Waals surface area contributed by atoms with Gasteiger partial charge in [-0.15, -0.1) is 11.3 Å². The molecule has 6 heteroatoms. The van der Waals surface area contributed by atoms with Crippen LogP contribution in [-0.2, 0) is 16.0 Å². The van der Waals surface area contributed by atoms with Crippen LogP contribution in [0.4, 0.5) is 5.69 Å². The second kappa shape index (κ2) is 10.9. The van der Waals surface area contributed by atoms with Gasteiger partial charge < -0.3 is 10.1 Å². The van der Waals surface area contributed by atoms with Crippen LogP contribution in [0, 0.1) is 13.8 Å². The molecule has 1 aromatic heterocycles. The van der Waals surface area contributed by atoms with Gasteiger partial charge in [0.05, 0.1) is 19.2 Å². The Morgan fingerprint density at radius 1 is 1.06 bits per heavy atom. The van der Waals surface area contributed by atoms with Crippen molar-refractivity contribution in [1.29, 1.82) is 0 Å². The van der Waals surface area contributed by atoms with Crippen molar-refractivity contribution < 1.29 is 14.3 Å². The Balaban J connectivity index is 1.83. The summed E-state index contributed by atoms with van der Waals surface area (Å²) in [6.07, 6.45) is 4.42. The number of methoxy groups -OCH3 is 1. The molecule has 1 N–H and O–H groups in total. The summed E-state index contributed by atoms with van der Waals surface area (Å²) in [4.78, 5) is 30.5. The summed E-state index contributed by atoms with van der Waals surface area (Å²) in [5.41, 5.74) is 3.44. The Bertz CT molecular complexity index is 1120. The molecule has 3 aromatic rings. The summed E-state index contributed by atoms with van der Waals surface area (Å²) in [6, 6.07) is 16.7. The molecule has 0 radical (unpaired) electrons. The number of nitrogens with one attached hydrogen (secondary N) is 1. The SMILES string of the molecule is COc1cccc(C(C(=O)NC2CCCC2)N(C(=O)Cc2cccs2)c2c(C)cccc2C)c1. The quantitative estimate of drug-likeness (QED) is 0.450. The third kappa shape index (κ3) is 5.33. The molecule has 1 fully saturated rings. The minimum absolute atomic E-state index is 0.103. The summed E-state index contributed by atoms with van der Waals surface area (Å²) < 4.78 is 5.46. The maximum Gasteiger partial charge on any atom is 0.248 e. The first-order valence-corrected chi connectivity index (χ1v) is 12.7. The fourth-order valence-electron chi connectivity index (χ4n) is 4.81. The zero-order valence-electron chi connectivity index (χ0n) is 20.0. The number of rotatable bonds is 8. The number of thiophene rings is 1. The number of nitrogens with zero attached hydrogens (tertiary/aromatic N) is 1. The molecule has 34 heavy (non-hydrogen) atoms. The van der Waals surface area contributed by atoms with Crippen LogP contribution in [0.15, 0.2) is 60.0 Å². The third-order valence-electron chi connectivity index (χ3n) is 6.47. The van der Waals surface area contributed by atoms with Crippen molar-refractivity contribution >= 4 is 28.8 Å². The lowest BCUT2D eigenvalue weighted by Crippen LogP contribution is -2.47. The first-order chi connectivity index (χ1) is 16.5. The van der Waals surface area contributed by atoms with Crippen molar-refractivity contribution in [3.8, 4) is 5.75 Å². The molecule has 1 unspecified atom stereocenters. The highest BCUT2D eigenvalue weighted by Crippen LogP contribution is 2.35. The highest BCUT2D eigenvalue weighted by atomic mass is 32.1. The second-order valence-electron chi connectivity index (χ2n) is 8.93. The molecule has 1 aliphatic rings. The molecule has 5 nitrogen and oxygen atoms in total. The Labute approximate surface area is 205 Å². The van der Waals surface area contributed by atoms with Crippen LogP contribution in [0.25, 0.3) is 0 Å². The van der Waals surface area contributed by atoms with E-state index < -0.39 is 6.04 Å². The van der Waals surface area contributed by atoms with Gasteiger partial charge in [0.25, 0.3) is 0 Å². The number of para-hydroxylation sites is 1. The molecule has 4 rings (SSSR count). The van der Waals surface area contributed by atoms with Gasteiger partial charge in [-0.05, 0) is 67.0 Å². The molecule has 2 aromatic carbocycles. The monoisotopic (exact) mass is 476 g/mol. The van der Waals surface area contributed by atoms with Crippen LogP contribution < -0.4 is 15.0 Å². The van der Waals surface area contributed by atoms with Crippen LogP contribution in [0.1, 0.15) is 53.3 Å². The van der Waals surface area contributed by atoms with Gasteiger partial charge >= 0.3 is 0 Å². The van der Waals surface area contributed by atoms with E-state index in [4.69, 9.17) is 4.74 Å². The lowest BCUT2D eigenvalue weighted by Gasteiger charge is -2.34. The first kappa shape index (κ1) is 24.0.